The molecule has 0 aliphatic heterocycles. The molecule has 19 heavy (non-hydrogen) atoms. The molecule has 94 valence electrons. The van der Waals surface area contributed by atoms with Gasteiger partial charge < -0.3 is 0 Å². The molecule has 0 bridgehead atoms. The summed E-state index contributed by atoms with van der Waals surface area (Å²) >= 11 is 4.63. The molecule has 1 N–H and O–H groups in total. The Morgan fingerprint density at radius 1 is 1.42 bits per heavy atom. The van der Waals surface area contributed by atoms with E-state index in [0.717, 1.165) is 10.0 Å². The summed E-state index contributed by atoms with van der Waals surface area (Å²) < 4.78 is 0.940. The summed E-state index contributed by atoms with van der Waals surface area (Å²) in [6, 6.07) is 9.22. The number of carbonyl (C=O) groups is 1. The van der Waals surface area contributed by atoms with Gasteiger partial charge in [0.1, 0.15) is 11.6 Å². The maximum Gasteiger partial charge on any atom is 0.268 e. The molecule has 1 amide bonds. The van der Waals surface area contributed by atoms with Crippen LogP contribution in [-0.2, 0) is 4.79 Å². The Hall–Kier alpha value is -1.97. The summed E-state index contributed by atoms with van der Waals surface area (Å²) in [5.41, 5.74) is 0.826. The molecule has 0 atom stereocenters. The SMILES string of the molecule is N#CC(=Cc1ccc(Br)cc1)C(=O)Nc1nccs1. The van der Waals surface area contributed by atoms with Crippen molar-refractivity contribution in [3.8, 4) is 6.07 Å². The Morgan fingerprint density at radius 3 is 2.74 bits per heavy atom. The van der Waals surface area contributed by atoms with Crippen LogP contribution < -0.4 is 5.32 Å². The molecule has 0 spiro atoms. The standard InChI is InChI=1S/C13H8BrN3OS/c14-11-3-1-9(2-4-11)7-10(8-15)12(18)17-13-16-5-6-19-13/h1-7H,(H,16,17,18). The number of hydrogen-bond donors (Lipinski definition) is 1. The number of hydrogen-bond acceptors (Lipinski definition) is 4. The second kappa shape index (κ2) is 6.27. The number of halogens is 1. The minimum atomic E-state index is -0.458. The van der Waals surface area contributed by atoms with Crippen LogP contribution in [0.25, 0.3) is 6.08 Å². The predicted octanol–water partition coefficient (Wildman–Crippen LogP) is 3.45. The molecule has 0 fully saturated rings. The predicted molar refractivity (Wildman–Crippen MR) is 78.5 cm³/mol. The Morgan fingerprint density at radius 2 is 2.16 bits per heavy atom. The van der Waals surface area contributed by atoms with Gasteiger partial charge in [0.15, 0.2) is 5.13 Å². The van der Waals surface area contributed by atoms with E-state index in [1.165, 1.54) is 17.4 Å². The van der Waals surface area contributed by atoms with Gasteiger partial charge in [-0.2, -0.15) is 5.26 Å². The van der Waals surface area contributed by atoms with Crippen LogP contribution in [0.5, 0.6) is 0 Å². The molecule has 1 aromatic carbocycles. The lowest BCUT2D eigenvalue weighted by molar-refractivity contribution is -0.112. The van der Waals surface area contributed by atoms with E-state index < -0.39 is 5.91 Å². The monoisotopic (exact) mass is 333 g/mol. The zero-order chi connectivity index (χ0) is 13.7. The molecule has 0 unspecified atom stereocenters. The topological polar surface area (TPSA) is 65.8 Å². The third-order valence-electron chi connectivity index (χ3n) is 2.20. The Labute approximate surface area is 122 Å². The molecular weight excluding hydrogens is 326 g/mol. The number of nitrogens with zero attached hydrogens (tertiary/aromatic N) is 2. The Bertz CT molecular complexity index is 642. The summed E-state index contributed by atoms with van der Waals surface area (Å²) in [7, 11) is 0. The van der Waals surface area contributed by atoms with Crippen LogP contribution in [0.15, 0.2) is 45.9 Å². The van der Waals surface area contributed by atoms with Gasteiger partial charge in [-0.15, -0.1) is 11.3 Å². The zero-order valence-corrected chi connectivity index (χ0v) is 12.0. The highest BCUT2D eigenvalue weighted by atomic mass is 79.9. The Kier molecular flexibility index (Phi) is 4.44. The second-order valence-corrected chi connectivity index (χ2v) is 5.32. The van der Waals surface area contributed by atoms with Crippen molar-refractivity contribution >= 4 is 44.4 Å². The van der Waals surface area contributed by atoms with Gasteiger partial charge in [0.2, 0.25) is 0 Å². The molecule has 2 aromatic rings. The van der Waals surface area contributed by atoms with Crippen LogP contribution in [0.2, 0.25) is 0 Å². The fraction of sp³-hybridized carbons (Fsp3) is 0. The van der Waals surface area contributed by atoms with E-state index in [9.17, 15) is 4.79 Å². The lowest BCUT2D eigenvalue weighted by atomic mass is 10.1. The first-order valence-electron chi connectivity index (χ1n) is 5.27. The number of amides is 1. The van der Waals surface area contributed by atoms with Crippen LogP contribution in [0.1, 0.15) is 5.56 Å². The maximum atomic E-state index is 11.9. The van der Waals surface area contributed by atoms with Crippen LogP contribution >= 0.6 is 27.3 Å². The van der Waals surface area contributed by atoms with E-state index in [4.69, 9.17) is 5.26 Å². The van der Waals surface area contributed by atoms with Crippen LogP contribution in [-0.4, -0.2) is 10.9 Å². The fourth-order valence-electron chi connectivity index (χ4n) is 1.32. The van der Waals surface area contributed by atoms with E-state index >= 15 is 0 Å². The first-order valence-corrected chi connectivity index (χ1v) is 6.94. The highest BCUT2D eigenvalue weighted by Crippen LogP contribution is 2.15. The minimum Gasteiger partial charge on any atom is -0.297 e. The highest BCUT2D eigenvalue weighted by molar-refractivity contribution is 9.10. The molecule has 2 rings (SSSR count). The van der Waals surface area contributed by atoms with E-state index in [2.05, 4.69) is 26.2 Å². The number of nitriles is 1. The third-order valence-corrected chi connectivity index (χ3v) is 3.42. The van der Waals surface area contributed by atoms with Crippen molar-refractivity contribution in [2.75, 3.05) is 5.32 Å². The van der Waals surface area contributed by atoms with Gasteiger partial charge in [-0.3, -0.25) is 10.1 Å². The van der Waals surface area contributed by atoms with Crippen LogP contribution in [0.4, 0.5) is 5.13 Å². The number of anilines is 1. The van der Waals surface area contributed by atoms with Crippen LogP contribution in [0.3, 0.4) is 0 Å². The van der Waals surface area contributed by atoms with Crippen LogP contribution in [0, 0.1) is 11.3 Å². The van der Waals surface area contributed by atoms with Gasteiger partial charge in [-0.05, 0) is 23.8 Å². The van der Waals surface area contributed by atoms with Crippen molar-refractivity contribution in [1.29, 1.82) is 5.26 Å². The van der Waals surface area contributed by atoms with Crippen molar-refractivity contribution < 1.29 is 4.79 Å². The van der Waals surface area contributed by atoms with Gasteiger partial charge in [-0.25, -0.2) is 4.98 Å². The molecule has 0 aliphatic carbocycles. The average molecular weight is 334 g/mol. The Balaban J connectivity index is 2.17. The van der Waals surface area contributed by atoms with E-state index in [1.807, 2.05) is 30.3 Å². The molecule has 1 aromatic heterocycles. The van der Waals surface area contributed by atoms with E-state index in [1.54, 1.807) is 11.6 Å². The molecule has 1 heterocycles. The van der Waals surface area contributed by atoms with Crippen molar-refractivity contribution in [2.24, 2.45) is 0 Å². The normalized spacial score (nSPS) is 10.8. The van der Waals surface area contributed by atoms with Gasteiger partial charge in [0.05, 0.1) is 0 Å². The number of nitrogens with one attached hydrogen (secondary N) is 1. The summed E-state index contributed by atoms with van der Waals surface area (Å²) in [6.45, 7) is 0. The molecule has 6 heteroatoms. The van der Waals surface area contributed by atoms with Crippen molar-refractivity contribution in [3.05, 3.63) is 51.5 Å². The molecular formula is C13H8BrN3OS. The highest BCUT2D eigenvalue weighted by Gasteiger charge is 2.10. The molecule has 0 aliphatic rings. The number of thiazole rings is 1. The van der Waals surface area contributed by atoms with Gasteiger partial charge in [0.25, 0.3) is 5.91 Å². The number of aromatic nitrogens is 1. The zero-order valence-electron chi connectivity index (χ0n) is 9.63. The third kappa shape index (κ3) is 3.74. The van der Waals surface area contributed by atoms with E-state index in [-0.39, 0.29) is 5.57 Å². The van der Waals surface area contributed by atoms with Crippen molar-refractivity contribution in [2.45, 2.75) is 0 Å². The molecule has 0 radical (unpaired) electrons. The maximum absolute atomic E-state index is 11.9. The fourth-order valence-corrected chi connectivity index (χ4v) is 2.11. The quantitative estimate of drug-likeness (QED) is 0.691. The average Bonchev–Trinajstić information content (AvgIpc) is 2.90. The van der Waals surface area contributed by atoms with Crippen molar-refractivity contribution in [1.82, 2.24) is 4.98 Å². The molecule has 0 saturated heterocycles. The lowest BCUT2D eigenvalue weighted by Gasteiger charge is -2.00. The summed E-state index contributed by atoms with van der Waals surface area (Å²) in [4.78, 5) is 15.8. The largest absolute Gasteiger partial charge is 0.297 e. The smallest absolute Gasteiger partial charge is 0.268 e. The van der Waals surface area contributed by atoms with Gasteiger partial charge in [0, 0.05) is 16.0 Å². The summed E-state index contributed by atoms with van der Waals surface area (Å²) in [6.07, 6.45) is 3.13. The van der Waals surface area contributed by atoms with Gasteiger partial charge in [-0.1, -0.05) is 28.1 Å². The first-order chi connectivity index (χ1) is 9.19. The molecule has 4 nitrogen and oxygen atoms in total. The molecule has 0 saturated carbocycles. The number of carbonyl (C=O) groups excluding carboxylic acids is 1. The summed E-state index contributed by atoms with van der Waals surface area (Å²) in [5.74, 6) is -0.458. The lowest BCUT2D eigenvalue weighted by Crippen LogP contribution is -2.13. The minimum absolute atomic E-state index is 0.0394. The van der Waals surface area contributed by atoms with Gasteiger partial charge >= 0.3 is 0 Å². The first kappa shape index (κ1) is 13.5. The van der Waals surface area contributed by atoms with E-state index in [0.29, 0.717) is 5.13 Å². The summed E-state index contributed by atoms with van der Waals surface area (Å²) in [5, 5.41) is 13.8. The number of benzene rings is 1. The van der Waals surface area contributed by atoms with Crippen molar-refractivity contribution in [3.63, 3.8) is 0 Å². The second-order valence-electron chi connectivity index (χ2n) is 3.51. The number of rotatable bonds is 3.